The molecule has 1 aromatic rings. The Labute approximate surface area is 54.7 Å². The first-order chi connectivity index (χ1) is 4.43. The molecule has 1 rings (SSSR count). The number of rotatable bonds is 2. The van der Waals surface area contributed by atoms with Crippen molar-refractivity contribution in [2.24, 2.45) is 5.73 Å². The third-order valence-corrected chi connectivity index (χ3v) is 1.07. The van der Waals surface area contributed by atoms with Gasteiger partial charge in [-0.2, -0.15) is 0 Å². The van der Waals surface area contributed by atoms with E-state index in [0.29, 0.717) is 6.54 Å². The van der Waals surface area contributed by atoms with Gasteiger partial charge in [0.05, 0.1) is 6.20 Å². The fourth-order valence-electron chi connectivity index (χ4n) is 0.647. The molecule has 0 aliphatic heterocycles. The molecular weight excluding hydrogens is 112 g/mol. The quantitative estimate of drug-likeness (QED) is 0.614. The predicted molar refractivity (Wildman–Crippen MR) is 35.8 cm³/mol. The van der Waals surface area contributed by atoms with E-state index in [9.17, 15) is 0 Å². The van der Waals surface area contributed by atoms with E-state index in [-0.39, 0.29) is 0 Å². The van der Waals surface area contributed by atoms with Gasteiger partial charge in [0, 0.05) is 12.1 Å². The van der Waals surface area contributed by atoms with Gasteiger partial charge in [-0.25, -0.2) is 0 Å². The zero-order chi connectivity index (χ0) is 6.53. The highest BCUT2D eigenvalue weighted by Crippen LogP contribution is 1.90. The molecule has 1 radical (unpaired) electrons. The summed E-state index contributed by atoms with van der Waals surface area (Å²) >= 11 is 0. The minimum atomic E-state index is 0.658. The Morgan fingerprint density at radius 3 is 3.11 bits per heavy atom. The molecule has 0 aliphatic rings. The highest BCUT2D eigenvalue weighted by atomic mass is 14.7. The first-order valence-electron chi connectivity index (χ1n) is 2.95. The molecule has 2 nitrogen and oxygen atoms in total. The van der Waals surface area contributed by atoms with E-state index in [1.54, 1.807) is 6.07 Å². The van der Waals surface area contributed by atoms with Crippen LogP contribution in [0.3, 0.4) is 0 Å². The average molecular weight is 121 g/mol. The standard InChI is InChI=1S/C7H9N2/c8-5-4-7-3-1-2-6-9-7/h1-3H,4-5,8H2. The van der Waals surface area contributed by atoms with Gasteiger partial charge in [-0.05, 0) is 18.7 Å². The number of hydrogen-bond donors (Lipinski definition) is 1. The number of pyridine rings is 1. The van der Waals surface area contributed by atoms with Crippen LogP contribution in [0.2, 0.25) is 0 Å². The Kier molecular flexibility index (Phi) is 2.22. The molecule has 0 aliphatic carbocycles. The van der Waals surface area contributed by atoms with Crippen molar-refractivity contribution in [3.05, 3.63) is 30.1 Å². The number of nitrogens with zero attached hydrogens (tertiary/aromatic N) is 1. The van der Waals surface area contributed by atoms with E-state index in [4.69, 9.17) is 5.73 Å². The normalized spacial score (nSPS) is 9.44. The highest BCUT2D eigenvalue weighted by molar-refractivity contribution is 5.02. The smallest absolute Gasteiger partial charge is 0.0889 e. The van der Waals surface area contributed by atoms with Gasteiger partial charge in [-0.1, -0.05) is 6.07 Å². The molecule has 0 atom stereocenters. The third-order valence-electron chi connectivity index (χ3n) is 1.07. The largest absolute Gasteiger partial charge is 0.330 e. The molecule has 0 saturated carbocycles. The Hall–Kier alpha value is -0.890. The molecule has 2 N–H and O–H groups in total. The van der Waals surface area contributed by atoms with Crippen molar-refractivity contribution in [3.63, 3.8) is 0 Å². The van der Waals surface area contributed by atoms with Gasteiger partial charge >= 0.3 is 0 Å². The van der Waals surface area contributed by atoms with Crippen LogP contribution in [0.25, 0.3) is 0 Å². The van der Waals surface area contributed by atoms with Crippen molar-refractivity contribution >= 4 is 0 Å². The zero-order valence-corrected chi connectivity index (χ0v) is 5.17. The second kappa shape index (κ2) is 3.20. The third kappa shape index (κ3) is 1.82. The highest BCUT2D eigenvalue weighted by Gasteiger charge is 1.86. The van der Waals surface area contributed by atoms with E-state index >= 15 is 0 Å². The van der Waals surface area contributed by atoms with Crippen LogP contribution in [0, 0.1) is 6.20 Å². The lowest BCUT2D eigenvalue weighted by Crippen LogP contribution is -2.03. The molecule has 0 unspecified atom stereocenters. The van der Waals surface area contributed by atoms with Crippen molar-refractivity contribution in [1.29, 1.82) is 0 Å². The molecule has 2 heteroatoms. The Balaban J connectivity index is 2.61. The maximum absolute atomic E-state index is 5.31. The maximum Gasteiger partial charge on any atom is 0.0889 e. The van der Waals surface area contributed by atoms with Gasteiger partial charge < -0.3 is 5.73 Å². The summed E-state index contributed by atoms with van der Waals surface area (Å²) in [6.07, 6.45) is 3.58. The van der Waals surface area contributed by atoms with Crippen LogP contribution in [-0.2, 0) is 6.42 Å². The van der Waals surface area contributed by atoms with Gasteiger partial charge in [0.25, 0.3) is 0 Å². The predicted octanol–water partition coefficient (Wildman–Crippen LogP) is 0.383. The van der Waals surface area contributed by atoms with Crippen LogP contribution < -0.4 is 5.73 Å². The van der Waals surface area contributed by atoms with Crippen LogP contribution in [0.4, 0.5) is 0 Å². The molecule has 47 valence electrons. The van der Waals surface area contributed by atoms with Crippen LogP contribution >= 0.6 is 0 Å². The Morgan fingerprint density at radius 2 is 2.56 bits per heavy atom. The fourth-order valence-corrected chi connectivity index (χ4v) is 0.647. The van der Waals surface area contributed by atoms with E-state index in [1.807, 2.05) is 12.1 Å². The molecule has 1 aromatic heterocycles. The van der Waals surface area contributed by atoms with Crippen molar-refractivity contribution in [1.82, 2.24) is 4.98 Å². The fraction of sp³-hybridized carbons (Fsp3) is 0.286. The molecule has 0 aromatic carbocycles. The second-order valence-corrected chi connectivity index (χ2v) is 1.80. The van der Waals surface area contributed by atoms with Gasteiger partial charge in [0.1, 0.15) is 0 Å². The molecule has 1 heterocycles. The lowest BCUT2D eigenvalue weighted by atomic mass is 10.3. The first kappa shape index (κ1) is 6.23. The van der Waals surface area contributed by atoms with Crippen LogP contribution in [-0.4, -0.2) is 11.5 Å². The lowest BCUT2D eigenvalue weighted by Gasteiger charge is -1.92. The summed E-state index contributed by atoms with van der Waals surface area (Å²) in [5, 5.41) is 0. The minimum absolute atomic E-state index is 0.658. The second-order valence-electron chi connectivity index (χ2n) is 1.80. The molecule has 0 spiro atoms. The molecule has 9 heavy (non-hydrogen) atoms. The monoisotopic (exact) mass is 121 g/mol. The van der Waals surface area contributed by atoms with E-state index in [1.165, 1.54) is 0 Å². The molecule has 0 fully saturated rings. The maximum atomic E-state index is 5.31. The Morgan fingerprint density at radius 1 is 1.67 bits per heavy atom. The average Bonchev–Trinajstić information content (AvgIpc) is 1.91. The van der Waals surface area contributed by atoms with Crippen molar-refractivity contribution in [3.8, 4) is 0 Å². The van der Waals surface area contributed by atoms with Gasteiger partial charge in [0.2, 0.25) is 0 Å². The van der Waals surface area contributed by atoms with E-state index in [0.717, 1.165) is 12.1 Å². The Bertz CT molecular complexity index is 160. The topological polar surface area (TPSA) is 38.9 Å². The van der Waals surface area contributed by atoms with Gasteiger partial charge in [0.15, 0.2) is 0 Å². The van der Waals surface area contributed by atoms with Gasteiger partial charge in [-0.15, -0.1) is 0 Å². The van der Waals surface area contributed by atoms with Crippen LogP contribution in [0.15, 0.2) is 18.2 Å². The molecule has 0 amide bonds. The SMILES string of the molecule is NCCc1ccc[c]n1. The lowest BCUT2D eigenvalue weighted by molar-refractivity contribution is 0.921. The number of aromatic nitrogens is 1. The molecular formula is C7H9N2. The summed E-state index contributed by atoms with van der Waals surface area (Å²) < 4.78 is 0. The summed E-state index contributed by atoms with van der Waals surface area (Å²) in [6, 6.07) is 5.64. The van der Waals surface area contributed by atoms with E-state index in [2.05, 4.69) is 11.2 Å². The first-order valence-corrected chi connectivity index (χ1v) is 2.95. The number of hydrogen-bond acceptors (Lipinski definition) is 2. The molecule has 0 bridgehead atoms. The van der Waals surface area contributed by atoms with Crippen LogP contribution in [0.5, 0.6) is 0 Å². The summed E-state index contributed by atoms with van der Waals surface area (Å²) in [5.41, 5.74) is 6.32. The van der Waals surface area contributed by atoms with Crippen molar-refractivity contribution in [2.75, 3.05) is 6.54 Å². The minimum Gasteiger partial charge on any atom is -0.330 e. The summed E-state index contributed by atoms with van der Waals surface area (Å²) in [7, 11) is 0. The summed E-state index contributed by atoms with van der Waals surface area (Å²) in [5.74, 6) is 0. The van der Waals surface area contributed by atoms with E-state index < -0.39 is 0 Å². The van der Waals surface area contributed by atoms with Crippen molar-refractivity contribution in [2.45, 2.75) is 6.42 Å². The summed E-state index contributed by atoms with van der Waals surface area (Å²) in [4.78, 5) is 3.96. The van der Waals surface area contributed by atoms with Crippen LogP contribution in [0.1, 0.15) is 5.69 Å². The van der Waals surface area contributed by atoms with Gasteiger partial charge in [-0.3, -0.25) is 4.98 Å². The number of nitrogens with two attached hydrogens (primary N) is 1. The zero-order valence-electron chi connectivity index (χ0n) is 5.17. The molecule has 0 saturated heterocycles. The van der Waals surface area contributed by atoms with Crippen molar-refractivity contribution < 1.29 is 0 Å². The summed E-state index contributed by atoms with van der Waals surface area (Å²) in [6.45, 7) is 0.658.